The summed E-state index contributed by atoms with van der Waals surface area (Å²) in [5, 5.41) is 10.1. The van der Waals surface area contributed by atoms with Crippen molar-refractivity contribution in [2.45, 2.75) is 43.6 Å². The SMILES string of the molecule is CC1CN(C(=O)[C@@H]2CCC[C@@H]2C(=O)O)CC(C)S1. The molecule has 0 aromatic rings. The van der Waals surface area contributed by atoms with Crippen molar-refractivity contribution in [1.29, 1.82) is 0 Å². The third kappa shape index (κ3) is 2.82. The van der Waals surface area contributed by atoms with Crippen molar-refractivity contribution in [3.8, 4) is 0 Å². The lowest BCUT2D eigenvalue weighted by atomic mass is 9.94. The number of rotatable bonds is 2. The van der Waals surface area contributed by atoms with Crippen LogP contribution in [0.5, 0.6) is 0 Å². The molecule has 102 valence electrons. The Kier molecular flexibility index (Phi) is 4.20. The van der Waals surface area contributed by atoms with E-state index in [1.165, 1.54) is 0 Å². The molecule has 1 N–H and O–H groups in total. The fourth-order valence-corrected chi connectivity index (χ4v) is 4.47. The molecule has 0 aromatic heterocycles. The van der Waals surface area contributed by atoms with E-state index in [1.807, 2.05) is 16.7 Å². The van der Waals surface area contributed by atoms with Crippen LogP contribution in [-0.2, 0) is 9.59 Å². The second kappa shape index (κ2) is 5.51. The predicted octanol–water partition coefficient (Wildman–Crippen LogP) is 1.84. The highest BCUT2D eigenvalue weighted by molar-refractivity contribution is 8.00. The molecular weight excluding hydrogens is 250 g/mol. The molecular formula is C13H21NO3S. The highest BCUT2D eigenvalue weighted by atomic mass is 32.2. The molecule has 1 aliphatic heterocycles. The first kappa shape index (κ1) is 13.7. The zero-order valence-corrected chi connectivity index (χ0v) is 11.8. The maximum Gasteiger partial charge on any atom is 0.307 e. The van der Waals surface area contributed by atoms with Crippen LogP contribution < -0.4 is 0 Å². The van der Waals surface area contributed by atoms with E-state index < -0.39 is 11.9 Å². The number of aliphatic carboxylic acids is 1. The molecule has 0 radical (unpaired) electrons. The minimum Gasteiger partial charge on any atom is -0.481 e. The smallest absolute Gasteiger partial charge is 0.307 e. The van der Waals surface area contributed by atoms with Crippen LogP contribution in [0.15, 0.2) is 0 Å². The molecule has 1 aliphatic carbocycles. The number of carbonyl (C=O) groups is 2. The van der Waals surface area contributed by atoms with Gasteiger partial charge in [-0.15, -0.1) is 0 Å². The van der Waals surface area contributed by atoms with Crippen LogP contribution in [0.2, 0.25) is 0 Å². The molecule has 4 atom stereocenters. The number of thioether (sulfide) groups is 1. The molecule has 0 bridgehead atoms. The Morgan fingerprint density at radius 1 is 1.11 bits per heavy atom. The van der Waals surface area contributed by atoms with E-state index in [0.717, 1.165) is 25.9 Å². The largest absolute Gasteiger partial charge is 0.481 e. The summed E-state index contributed by atoms with van der Waals surface area (Å²) in [5.41, 5.74) is 0. The lowest BCUT2D eigenvalue weighted by Crippen LogP contribution is -2.47. The van der Waals surface area contributed by atoms with Crippen LogP contribution in [0.4, 0.5) is 0 Å². The molecule has 1 saturated heterocycles. The Morgan fingerprint density at radius 2 is 1.67 bits per heavy atom. The third-order valence-corrected chi connectivity index (χ3v) is 5.11. The summed E-state index contributed by atoms with van der Waals surface area (Å²) in [4.78, 5) is 25.5. The highest BCUT2D eigenvalue weighted by Crippen LogP contribution is 2.35. The molecule has 2 rings (SSSR count). The van der Waals surface area contributed by atoms with Crippen LogP contribution in [0.25, 0.3) is 0 Å². The van der Waals surface area contributed by atoms with E-state index in [2.05, 4.69) is 13.8 Å². The van der Waals surface area contributed by atoms with Gasteiger partial charge in [-0.1, -0.05) is 20.3 Å². The van der Waals surface area contributed by atoms with Gasteiger partial charge in [0, 0.05) is 23.6 Å². The Bertz CT molecular complexity index is 337. The Balaban J connectivity index is 2.04. The van der Waals surface area contributed by atoms with E-state index >= 15 is 0 Å². The van der Waals surface area contributed by atoms with Crippen LogP contribution in [0.1, 0.15) is 33.1 Å². The Morgan fingerprint density at radius 3 is 2.22 bits per heavy atom. The van der Waals surface area contributed by atoms with Gasteiger partial charge in [-0.05, 0) is 12.8 Å². The standard InChI is InChI=1S/C13H21NO3S/c1-8-6-14(7-9(2)18-8)12(15)10-4-3-5-11(10)13(16)17/h8-11H,3-7H2,1-2H3,(H,16,17)/t8?,9?,10-,11+/m1/s1. The van der Waals surface area contributed by atoms with Crippen molar-refractivity contribution >= 4 is 23.6 Å². The van der Waals surface area contributed by atoms with Gasteiger partial charge < -0.3 is 10.0 Å². The average molecular weight is 271 g/mol. The molecule has 1 saturated carbocycles. The number of amides is 1. The molecule has 5 heteroatoms. The molecule has 0 spiro atoms. The summed E-state index contributed by atoms with van der Waals surface area (Å²) in [6.45, 7) is 5.78. The highest BCUT2D eigenvalue weighted by Gasteiger charge is 2.40. The molecule has 2 aliphatic rings. The number of carboxylic acid groups (broad SMARTS) is 1. The average Bonchev–Trinajstić information content (AvgIpc) is 2.75. The minimum atomic E-state index is -0.807. The number of carboxylic acids is 1. The van der Waals surface area contributed by atoms with Crippen LogP contribution in [0, 0.1) is 11.8 Å². The Labute approximate surface area is 112 Å². The van der Waals surface area contributed by atoms with E-state index in [0.29, 0.717) is 16.9 Å². The first-order chi connectivity index (χ1) is 8.49. The zero-order chi connectivity index (χ0) is 13.3. The number of hydrogen-bond donors (Lipinski definition) is 1. The first-order valence-corrected chi connectivity index (χ1v) is 7.60. The molecule has 18 heavy (non-hydrogen) atoms. The molecule has 0 aromatic carbocycles. The number of carbonyl (C=O) groups excluding carboxylic acids is 1. The van der Waals surface area contributed by atoms with Crippen molar-refractivity contribution in [1.82, 2.24) is 4.90 Å². The summed E-state index contributed by atoms with van der Waals surface area (Å²) in [5.74, 6) is -1.49. The summed E-state index contributed by atoms with van der Waals surface area (Å²) < 4.78 is 0. The van der Waals surface area contributed by atoms with Crippen molar-refractivity contribution in [2.24, 2.45) is 11.8 Å². The molecule has 2 unspecified atom stereocenters. The summed E-state index contributed by atoms with van der Waals surface area (Å²) in [6.07, 6.45) is 2.25. The lowest BCUT2D eigenvalue weighted by Gasteiger charge is -2.36. The maximum atomic E-state index is 12.5. The number of hydrogen-bond acceptors (Lipinski definition) is 3. The van der Waals surface area contributed by atoms with Crippen LogP contribution in [-0.4, -0.2) is 45.5 Å². The van der Waals surface area contributed by atoms with Crippen molar-refractivity contribution in [3.63, 3.8) is 0 Å². The van der Waals surface area contributed by atoms with Crippen molar-refractivity contribution < 1.29 is 14.7 Å². The monoisotopic (exact) mass is 271 g/mol. The quantitative estimate of drug-likeness (QED) is 0.832. The van der Waals surface area contributed by atoms with Gasteiger partial charge in [0.25, 0.3) is 0 Å². The van der Waals surface area contributed by atoms with Gasteiger partial charge in [0.05, 0.1) is 11.8 Å². The first-order valence-electron chi connectivity index (χ1n) is 6.66. The predicted molar refractivity (Wildman–Crippen MR) is 71.6 cm³/mol. The normalized spacial score (nSPS) is 36.7. The van der Waals surface area contributed by atoms with Gasteiger partial charge >= 0.3 is 5.97 Å². The fraction of sp³-hybridized carbons (Fsp3) is 0.846. The van der Waals surface area contributed by atoms with Gasteiger partial charge in [0.1, 0.15) is 0 Å². The van der Waals surface area contributed by atoms with Crippen LogP contribution >= 0.6 is 11.8 Å². The molecule has 4 nitrogen and oxygen atoms in total. The van der Waals surface area contributed by atoms with E-state index in [9.17, 15) is 9.59 Å². The van der Waals surface area contributed by atoms with E-state index in [4.69, 9.17) is 5.11 Å². The van der Waals surface area contributed by atoms with Crippen LogP contribution in [0.3, 0.4) is 0 Å². The molecule has 1 amide bonds. The molecule has 1 heterocycles. The minimum absolute atomic E-state index is 0.0684. The zero-order valence-electron chi connectivity index (χ0n) is 11.0. The summed E-state index contributed by atoms with van der Waals surface area (Å²) in [7, 11) is 0. The van der Waals surface area contributed by atoms with E-state index in [1.54, 1.807) is 0 Å². The third-order valence-electron chi connectivity index (χ3n) is 3.88. The van der Waals surface area contributed by atoms with Crippen molar-refractivity contribution in [3.05, 3.63) is 0 Å². The molecule has 2 fully saturated rings. The van der Waals surface area contributed by atoms with Gasteiger partial charge in [-0.25, -0.2) is 0 Å². The topological polar surface area (TPSA) is 57.6 Å². The number of nitrogens with zero attached hydrogens (tertiary/aromatic N) is 1. The second-order valence-corrected chi connectivity index (χ2v) is 7.36. The van der Waals surface area contributed by atoms with Gasteiger partial charge in [-0.3, -0.25) is 9.59 Å². The van der Waals surface area contributed by atoms with Gasteiger partial charge in [-0.2, -0.15) is 11.8 Å². The maximum absolute atomic E-state index is 12.5. The lowest BCUT2D eigenvalue weighted by molar-refractivity contribution is -0.149. The second-order valence-electron chi connectivity index (χ2n) is 5.48. The van der Waals surface area contributed by atoms with Crippen molar-refractivity contribution in [2.75, 3.05) is 13.1 Å². The summed E-state index contributed by atoms with van der Waals surface area (Å²) >= 11 is 1.90. The van der Waals surface area contributed by atoms with E-state index in [-0.39, 0.29) is 11.8 Å². The summed E-state index contributed by atoms with van der Waals surface area (Å²) in [6, 6.07) is 0. The van der Waals surface area contributed by atoms with Gasteiger partial charge in [0.2, 0.25) is 5.91 Å². The fourth-order valence-electron chi connectivity index (χ4n) is 3.14. The van der Waals surface area contributed by atoms with Gasteiger partial charge in [0.15, 0.2) is 0 Å². The Hall–Kier alpha value is -0.710.